The molecule has 0 aromatic heterocycles. The van der Waals surface area contributed by atoms with Crippen LogP contribution in [0.1, 0.15) is 25.8 Å². The zero-order chi connectivity index (χ0) is 13.3. The molecule has 1 aliphatic rings. The molecule has 0 bridgehead atoms. The number of rotatable bonds is 2. The number of hydrogen-bond acceptors (Lipinski definition) is 2. The van der Waals surface area contributed by atoms with Crippen LogP contribution in [0.15, 0.2) is 12.1 Å². The van der Waals surface area contributed by atoms with Gasteiger partial charge in [0.2, 0.25) is 0 Å². The van der Waals surface area contributed by atoms with E-state index < -0.39 is 11.6 Å². The first-order chi connectivity index (χ1) is 8.54. The second-order valence-electron chi connectivity index (χ2n) is 5.05. The summed E-state index contributed by atoms with van der Waals surface area (Å²) < 4.78 is 28.1. The van der Waals surface area contributed by atoms with Gasteiger partial charge < -0.3 is 10.2 Å². The van der Waals surface area contributed by atoms with Crippen LogP contribution >= 0.6 is 0 Å². The average Bonchev–Trinajstić information content (AvgIpc) is 2.35. The molecule has 0 aliphatic carbocycles. The Kier molecular flexibility index (Phi) is 3.85. The van der Waals surface area contributed by atoms with Crippen molar-refractivity contribution in [2.24, 2.45) is 0 Å². The van der Waals surface area contributed by atoms with Crippen LogP contribution in [0.25, 0.3) is 0 Å². The van der Waals surface area contributed by atoms with E-state index in [0.717, 1.165) is 13.0 Å². The minimum atomic E-state index is -0.467. The van der Waals surface area contributed by atoms with E-state index in [1.165, 1.54) is 12.1 Å². The summed E-state index contributed by atoms with van der Waals surface area (Å²) in [5, 5.41) is 3.35. The van der Waals surface area contributed by atoms with Gasteiger partial charge in [-0.2, -0.15) is 0 Å². The van der Waals surface area contributed by atoms with E-state index in [0.29, 0.717) is 12.1 Å². The van der Waals surface area contributed by atoms with Crippen LogP contribution in [0, 0.1) is 18.6 Å². The molecule has 2 atom stereocenters. The molecule has 1 saturated heterocycles. The summed E-state index contributed by atoms with van der Waals surface area (Å²) in [4.78, 5) is 1.87. The summed E-state index contributed by atoms with van der Waals surface area (Å²) in [6.45, 7) is 7.15. The lowest BCUT2D eigenvalue weighted by atomic mass is 10.0. The Morgan fingerprint density at radius 1 is 1.39 bits per heavy atom. The SMILES string of the molecule is CCC1CNC(C)CN1c1c(F)ccc(C)c1F. The number of piperazine rings is 1. The molecule has 1 fully saturated rings. The topological polar surface area (TPSA) is 15.3 Å². The second-order valence-corrected chi connectivity index (χ2v) is 5.05. The number of nitrogens with one attached hydrogen (secondary N) is 1. The molecule has 1 aromatic rings. The highest BCUT2D eigenvalue weighted by Crippen LogP contribution is 2.29. The third-order valence-corrected chi connectivity index (χ3v) is 3.63. The van der Waals surface area contributed by atoms with Crippen LogP contribution in [-0.4, -0.2) is 25.2 Å². The molecule has 1 heterocycles. The van der Waals surface area contributed by atoms with Gasteiger partial charge in [-0.3, -0.25) is 0 Å². The molecule has 0 amide bonds. The van der Waals surface area contributed by atoms with Gasteiger partial charge in [0.15, 0.2) is 5.82 Å². The van der Waals surface area contributed by atoms with Crippen molar-refractivity contribution in [1.29, 1.82) is 0 Å². The van der Waals surface area contributed by atoms with E-state index in [1.807, 2.05) is 18.7 Å². The normalized spacial score (nSPS) is 24.4. The number of anilines is 1. The lowest BCUT2D eigenvalue weighted by Crippen LogP contribution is -2.56. The minimum Gasteiger partial charge on any atom is -0.361 e. The maximum atomic E-state index is 14.2. The first-order valence-corrected chi connectivity index (χ1v) is 6.49. The van der Waals surface area contributed by atoms with E-state index in [9.17, 15) is 8.78 Å². The summed E-state index contributed by atoms with van der Waals surface area (Å²) in [7, 11) is 0. The predicted molar refractivity (Wildman–Crippen MR) is 70.0 cm³/mol. The molecule has 18 heavy (non-hydrogen) atoms. The van der Waals surface area contributed by atoms with Gasteiger partial charge in [-0.1, -0.05) is 13.0 Å². The van der Waals surface area contributed by atoms with Gasteiger partial charge in [-0.15, -0.1) is 0 Å². The quantitative estimate of drug-likeness (QED) is 0.873. The molecule has 2 rings (SSSR count). The lowest BCUT2D eigenvalue weighted by molar-refractivity contribution is 0.393. The van der Waals surface area contributed by atoms with Crippen molar-refractivity contribution in [3.8, 4) is 0 Å². The fraction of sp³-hybridized carbons (Fsp3) is 0.571. The number of halogens is 2. The Labute approximate surface area is 107 Å². The van der Waals surface area contributed by atoms with E-state index >= 15 is 0 Å². The van der Waals surface area contributed by atoms with Crippen LogP contribution in [0.5, 0.6) is 0 Å². The Bertz CT molecular complexity index is 434. The molecule has 2 unspecified atom stereocenters. The first-order valence-electron chi connectivity index (χ1n) is 6.49. The zero-order valence-corrected chi connectivity index (χ0v) is 11.1. The molecular weight excluding hydrogens is 234 g/mol. The van der Waals surface area contributed by atoms with E-state index in [1.54, 1.807) is 6.92 Å². The summed E-state index contributed by atoms with van der Waals surface area (Å²) in [6, 6.07) is 3.23. The van der Waals surface area contributed by atoms with Crippen LogP contribution in [-0.2, 0) is 0 Å². The van der Waals surface area contributed by atoms with Crippen molar-refractivity contribution in [1.82, 2.24) is 5.32 Å². The Hall–Kier alpha value is -1.16. The molecule has 0 spiro atoms. The van der Waals surface area contributed by atoms with E-state index in [4.69, 9.17) is 0 Å². The van der Waals surface area contributed by atoms with Gasteiger partial charge >= 0.3 is 0 Å². The smallest absolute Gasteiger partial charge is 0.152 e. The third kappa shape index (κ3) is 2.34. The van der Waals surface area contributed by atoms with Gasteiger partial charge in [0, 0.05) is 25.2 Å². The van der Waals surface area contributed by atoms with Crippen molar-refractivity contribution >= 4 is 5.69 Å². The summed E-state index contributed by atoms with van der Waals surface area (Å²) in [6.07, 6.45) is 0.868. The van der Waals surface area contributed by atoms with E-state index in [2.05, 4.69) is 5.32 Å². The van der Waals surface area contributed by atoms with Crippen LogP contribution in [0.3, 0.4) is 0 Å². The molecule has 0 radical (unpaired) electrons. The molecule has 1 N–H and O–H groups in total. The Morgan fingerprint density at radius 2 is 2.11 bits per heavy atom. The summed E-state index contributed by atoms with van der Waals surface area (Å²) in [5.41, 5.74) is 0.627. The highest BCUT2D eigenvalue weighted by molar-refractivity contribution is 5.53. The van der Waals surface area contributed by atoms with E-state index in [-0.39, 0.29) is 17.8 Å². The van der Waals surface area contributed by atoms with Crippen LogP contribution in [0.2, 0.25) is 0 Å². The van der Waals surface area contributed by atoms with Gasteiger partial charge in [-0.25, -0.2) is 8.78 Å². The third-order valence-electron chi connectivity index (χ3n) is 3.63. The molecule has 4 heteroatoms. The number of nitrogens with zero attached hydrogens (tertiary/aromatic N) is 1. The minimum absolute atomic E-state index is 0.134. The average molecular weight is 254 g/mol. The monoisotopic (exact) mass is 254 g/mol. The lowest BCUT2D eigenvalue weighted by Gasteiger charge is -2.41. The van der Waals surface area contributed by atoms with Gasteiger partial charge in [0.25, 0.3) is 0 Å². The van der Waals surface area contributed by atoms with Crippen LogP contribution < -0.4 is 10.2 Å². The maximum Gasteiger partial charge on any atom is 0.152 e. The maximum absolute atomic E-state index is 14.2. The van der Waals surface area contributed by atoms with Gasteiger partial charge in [0.1, 0.15) is 11.5 Å². The van der Waals surface area contributed by atoms with Gasteiger partial charge in [0.05, 0.1) is 0 Å². The number of aryl methyl sites for hydroxylation is 1. The van der Waals surface area contributed by atoms with Crippen molar-refractivity contribution < 1.29 is 8.78 Å². The Morgan fingerprint density at radius 3 is 2.78 bits per heavy atom. The van der Waals surface area contributed by atoms with Crippen molar-refractivity contribution in [2.75, 3.05) is 18.0 Å². The van der Waals surface area contributed by atoms with Crippen LogP contribution in [0.4, 0.5) is 14.5 Å². The highest BCUT2D eigenvalue weighted by Gasteiger charge is 2.29. The van der Waals surface area contributed by atoms with Crippen molar-refractivity contribution in [2.45, 2.75) is 39.3 Å². The zero-order valence-electron chi connectivity index (χ0n) is 11.1. The predicted octanol–water partition coefficient (Wildman–Crippen LogP) is 2.85. The largest absolute Gasteiger partial charge is 0.361 e. The molecular formula is C14H20F2N2. The standard InChI is InChI=1S/C14H20F2N2/c1-4-11-7-17-10(3)8-18(11)14-12(15)6-5-9(2)13(14)16/h5-6,10-11,17H,4,7-8H2,1-3H3. The second kappa shape index (κ2) is 5.22. The highest BCUT2D eigenvalue weighted by atomic mass is 19.1. The fourth-order valence-electron chi connectivity index (χ4n) is 2.50. The molecule has 2 nitrogen and oxygen atoms in total. The molecule has 0 saturated carbocycles. The van der Waals surface area contributed by atoms with Crippen molar-refractivity contribution in [3.05, 3.63) is 29.3 Å². The summed E-state index contributed by atoms with van der Waals surface area (Å²) in [5.74, 6) is -0.895. The van der Waals surface area contributed by atoms with Gasteiger partial charge in [-0.05, 0) is 31.9 Å². The first kappa shape index (κ1) is 13.3. The molecule has 100 valence electrons. The molecule has 1 aliphatic heterocycles. The number of hydrogen-bond donors (Lipinski definition) is 1. The fourth-order valence-corrected chi connectivity index (χ4v) is 2.50. The van der Waals surface area contributed by atoms with Crippen molar-refractivity contribution in [3.63, 3.8) is 0 Å². The molecule has 1 aromatic carbocycles. The summed E-state index contributed by atoms with van der Waals surface area (Å²) >= 11 is 0. The number of benzene rings is 1. The Balaban J connectivity index is 2.42.